The molecule has 2 aliphatic carbocycles. The van der Waals surface area contributed by atoms with E-state index in [2.05, 4.69) is 32.1 Å². The van der Waals surface area contributed by atoms with E-state index in [1.807, 2.05) is 0 Å². The third kappa shape index (κ3) is 5.31. The van der Waals surface area contributed by atoms with Crippen LogP contribution >= 0.6 is 0 Å². The first-order valence-electron chi connectivity index (χ1n) is 11.7. The van der Waals surface area contributed by atoms with Gasteiger partial charge >= 0.3 is 11.9 Å². The number of hydrogen-bond acceptors (Lipinski definition) is 7. The first-order valence-corrected chi connectivity index (χ1v) is 11.7. The van der Waals surface area contributed by atoms with Gasteiger partial charge < -0.3 is 19.7 Å². The SMILES string of the molecule is C[C@H]1C=C2C=C[C@H](C)[C@H](CC[C@@H]3C[C@@H](O)C(=O)C(=O)O3)[C@H]2[C@@H](OC(=O)C(C)(C)CCO)C1. The van der Waals surface area contributed by atoms with E-state index in [-0.39, 0.29) is 48.8 Å². The second-order valence-corrected chi connectivity index (χ2v) is 10.3. The summed E-state index contributed by atoms with van der Waals surface area (Å²) in [6, 6.07) is 0. The summed E-state index contributed by atoms with van der Waals surface area (Å²) in [6.45, 7) is 7.76. The van der Waals surface area contributed by atoms with Gasteiger partial charge in [-0.1, -0.05) is 32.1 Å². The number of aliphatic hydroxyl groups excluding tert-OH is 2. The van der Waals surface area contributed by atoms with Gasteiger partial charge in [-0.15, -0.1) is 0 Å². The highest BCUT2D eigenvalue weighted by Crippen LogP contribution is 2.45. The first kappa shape index (κ1) is 24.6. The Bertz CT molecular complexity index is 796. The van der Waals surface area contributed by atoms with Crippen LogP contribution in [-0.4, -0.2) is 52.9 Å². The highest BCUT2D eigenvalue weighted by Gasteiger charge is 2.44. The van der Waals surface area contributed by atoms with E-state index >= 15 is 0 Å². The first-order chi connectivity index (χ1) is 15.0. The molecule has 7 heteroatoms. The number of carbonyl (C=O) groups excluding carboxylic acids is 3. The van der Waals surface area contributed by atoms with Crippen LogP contribution in [0, 0.1) is 29.1 Å². The van der Waals surface area contributed by atoms with Gasteiger partial charge in [-0.25, -0.2) is 4.79 Å². The Hall–Kier alpha value is -1.99. The lowest BCUT2D eigenvalue weighted by Crippen LogP contribution is -2.44. The normalized spacial score (nSPS) is 35.1. The maximum atomic E-state index is 12.9. The lowest BCUT2D eigenvalue weighted by molar-refractivity contribution is -0.170. The fraction of sp³-hybridized carbons (Fsp3) is 0.720. The summed E-state index contributed by atoms with van der Waals surface area (Å²) in [5, 5.41) is 19.1. The number of aliphatic hydroxyl groups is 2. The zero-order valence-electron chi connectivity index (χ0n) is 19.5. The van der Waals surface area contributed by atoms with Crippen LogP contribution in [0.15, 0.2) is 23.8 Å². The molecule has 0 aromatic heterocycles. The maximum absolute atomic E-state index is 12.9. The van der Waals surface area contributed by atoms with Crippen molar-refractivity contribution in [2.45, 2.75) is 78.1 Å². The van der Waals surface area contributed by atoms with Gasteiger partial charge in [0.25, 0.3) is 5.78 Å². The van der Waals surface area contributed by atoms with Crippen LogP contribution in [0.3, 0.4) is 0 Å². The van der Waals surface area contributed by atoms with E-state index in [4.69, 9.17) is 9.47 Å². The van der Waals surface area contributed by atoms with Gasteiger partial charge in [-0.05, 0) is 62.9 Å². The number of rotatable bonds is 7. The second-order valence-electron chi connectivity index (χ2n) is 10.3. The molecule has 1 fully saturated rings. The third-order valence-electron chi connectivity index (χ3n) is 7.23. The Morgan fingerprint density at radius 3 is 2.59 bits per heavy atom. The lowest BCUT2D eigenvalue weighted by atomic mass is 9.65. The van der Waals surface area contributed by atoms with Crippen LogP contribution in [0.5, 0.6) is 0 Å². The molecule has 7 atom stereocenters. The van der Waals surface area contributed by atoms with Gasteiger partial charge in [-0.2, -0.15) is 0 Å². The van der Waals surface area contributed by atoms with Crippen molar-refractivity contribution in [3.8, 4) is 0 Å². The van der Waals surface area contributed by atoms with Crippen molar-refractivity contribution in [2.75, 3.05) is 6.61 Å². The van der Waals surface area contributed by atoms with E-state index in [0.717, 1.165) is 12.8 Å². The van der Waals surface area contributed by atoms with E-state index in [1.165, 1.54) is 5.57 Å². The molecule has 0 amide bonds. The predicted molar refractivity (Wildman–Crippen MR) is 117 cm³/mol. The molecule has 2 N–H and O–H groups in total. The third-order valence-corrected chi connectivity index (χ3v) is 7.23. The van der Waals surface area contributed by atoms with Gasteiger partial charge in [0, 0.05) is 18.9 Å². The number of esters is 2. The quantitative estimate of drug-likeness (QED) is 0.455. The standard InChI is InChI=1S/C25H36O7/c1-14-11-16-6-5-15(2)18(8-7-17-13-19(27)22(28)23(29)31-17)21(16)20(12-14)32-24(30)25(3,4)9-10-26/h5-6,11,14-15,17-21,26-27H,7-10,12-13H2,1-4H3/t14-,15-,17+,18-,19+,20-,21-/m0/s1. The molecule has 32 heavy (non-hydrogen) atoms. The summed E-state index contributed by atoms with van der Waals surface area (Å²) in [4.78, 5) is 36.1. The number of ether oxygens (including phenoxy) is 2. The molecule has 1 saturated heterocycles. The van der Waals surface area contributed by atoms with Crippen molar-refractivity contribution >= 4 is 17.7 Å². The summed E-state index contributed by atoms with van der Waals surface area (Å²) in [7, 11) is 0. The summed E-state index contributed by atoms with van der Waals surface area (Å²) >= 11 is 0. The number of hydrogen-bond donors (Lipinski definition) is 2. The fourth-order valence-corrected chi connectivity index (χ4v) is 5.20. The van der Waals surface area contributed by atoms with Crippen molar-refractivity contribution < 1.29 is 34.1 Å². The molecule has 3 aliphatic rings. The molecule has 0 saturated carbocycles. The highest BCUT2D eigenvalue weighted by atomic mass is 16.6. The van der Waals surface area contributed by atoms with Crippen LogP contribution < -0.4 is 0 Å². The monoisotopic (exact) mass is 448 g/mol. The number of fused-ring (bicyclic) bond motifs is 1. The minimum absolute atomic E-state index is 0.0333. The van der Waals surface area contributed by atoms with Crippen LogP contribution in [0.4, 0.5) is 0 Å². The molecule has 3 rings (SSSR count). The van der Waals surface area contributed by atoms with E-state index in [1.54, 1.807) is 13.8 Å². The van der Waals surface area contributed by atoms with Crippen molar-refractivity contribution in [3.05, 3.63) is 23.8 Å². The minimum atomic E-state index is -1.29. The van der Waals surface area contributed by atoms with Crippen molar-refractivity contribution in [1.82, 2.24) is 0 Å². The Morgan fingerprint density at radius 2 is 1.94 bits per heavy atom. The molecule has 1 heterocycles. The summed E-state index contributed by atoms with van der Waals surface area (Å²) in [5.41, 5.74) is 0.407. The van der Waals surface area contributed by atoms with Crippen LogP contribution in [-0.2, 0) is 23.9 Å². The predicted octanol–water partition coefficient (Wildman–Crippen LogP) is 2.74. The second kappa shape index (κ2) is 9.87. The molecule has 178 valence electrons. The molecule has 0 aromatic carbocycles. The van der Waals surface area contributed by atoms with Crippen LogP contribution in [0.2, 0.25) is 0 Å². The molecule has 0 aromatic rings. The smallest absolute Gasteiger partial charge is 0.377 e. The van der Waals surface area contributed by atoms with Gasteiger partial charge in [-0.3, -0.25) is 9.59 Å². The zero-order chi connectivity index (χ0) is 23.6. The largest absolute Gasteiger partial charge is 0.461 e. The minimum Gasteiger partial charge on any atom is -0.461 e. The highest BCUT2D eigenvalue weighted by molar-refractivity contribution is 6.35. The number of Topliss-reactive ketones (excluding diaryl/α,β-unsaturated/α-hetero) is 1. The maximum Gasteiger partial charge on any atom is 0.377 e. The van der Waals surface area contributed by atoms with Gasteiger partial charge in [0.1, 0.15) is 18.3 Å². The number of allylic oxidation sites excluding steroid dienone is 3. The van der Waals surface area contributed by atoms with Crippen molar-refractivity contribution in [2.24, 2.45) is 29.1 Å². The average molecular weight is 449 g/mol. The van der Waals surface area contributed by atoms with Gasteiger partial charge in [0.2, 0.25) is 0 Å². The van der Waals surface area contributed by atoms with Crippen molar-refractivity contribution in [3.63, 3.8) is 0 Å². The number of cyclic esters (lactones) is 1. The zero-order valence-corrected chi connectivity index (χ0v) is 19.5. The van der Waals surface area contributed by atoms with Gasteiger partial charge in [0.15, 0.2) is 0 Å². The van der Waals surface area contributed by atoms with E-state index in [9.17, 15) is 24.6 Å². The molecular weight excluding hydrogens is 412 g/mol. The molecule has 0 radical (unpaired) electrons. The fourth-order valence-electron chi connectivity index (χ4n) is 5.20. The van der Waals surface area contributed by atoms with Crippen LogP contribution in [0.1, 0.15) is 59.8 Å². The van der Waals surface area contributed by atoms with E-state index in [0.29, 0.717) is 12.8 Å². The summed E-state index contributed by atoms with van der Waals surface area (Å²) in [6.07, 6.45) is 6.94. The Labute approximate surface area is 189 Å². The Balaban J connectivity index is 1.76. The lowest BCUT2D eigenvalue weighted by Gasteiger charge is -2.44. The van der Waals surface area contributed by atoms with Crippen molar-refractivity contribution in [1.29, 1.82) is 0 Å². The summed E-state index contributed by atoms with van der Waals surface area (Å²) in [5.74, 6) is -1.41. The van der Waals surface area contributed by atoms with Crippen LogP contribution in [0.25, 0.3) is 0 Å². The molecule has 0 bridgehead atoms. The topological polar surface area (TPSA) is 110 Å². The van der Waals surface area contributed by atoms with Gasteiger partial charge in [0.05, 0.1) is 5.41 Å². The number of ketones is 1. The molecule has 1 aliphatic heterocycles. The Morgan fingerprint density at radius 1 is 1.22 bits per heavy atom. The molecule has 7 nitrogen and oxygen atoms in total. The van der Waals surface area contributed by atoms with E-state index < -0.39 is 29.4 Å². The Kier molecular flexibility index (Phi) is 7.61. The molecular formula is C25H36O7. The average Bonchev–Trinajstić information content (AvgIpc) is 2.71. The molecule has 0 spiro atoms. The molecule has 0 unspecified atom stereocenters. The number of carbonyl (C=O) groups is 3. The summed E-state index contributed by atoms with van der Waals surface area (Å²) < 4.78 is 11.3.